The molecule has 0 aliphatic carbocycles. The fraction of sp³-hybridized carbons (Fsp3) is 0.222. The minimum Gasteiger partial charge on any atom is -0.497 e. The van der Waals surface area contributed by atoms with E-state index in [4.69, 9.17) is 4.74 Å². The molecule has 0 radical (unpaired) electrons. The summed E-state index contributed by atoms with van der Waals surface area (Å²) in [6.45, 7) is 4.28. The zero-order valence-corrected chi connectivity index (χ0v) is 14.1. The molecule has 0 spiro atoms. The fourth-order valence-corrected chi connectivity index (χ4v) is 3.32. The van der Waals surface area contributed by atoms with Gasteiger partial charge in [0.1, 0.15) is 5.75 Å². The Morgan fingerprint density at radius 1 is 1.22 bits per heavy atom. The van der Waals surface area contributed by atoms with Crippen LogP contribution in [0.5, 0.6) is 5.75 Å². The number of hydrogen-bond acceptors (Lipinski definition) is 4. The molecule has 1 aromatic heterocycles. The number of methoxy groups -OCH3 is 1. The maximum Gasteiger partial charge on any atom is 0.257 e. The number of fused-ring (bicyclic) bond motifs is 1. The van der Waals surface area contributed by atoms with Gasteiger partial charge >= 0.3 is 0 Å². The van der Waals surface area contributed by atoms with Crippen LogP contribution < -0.4 is 10.1 Å². The Balaban J connectivity index is 1.89. The number of para-hydroxylation sites is 1. The summed E-state index contributed by atoms with van der Waals surface area (Å²) >= 11 is 1.49. The Morgan fingerprint density at radius 3 is 2.74 bits per heavy atom. The number of thiazole rings is 1. The quantitative estimate of drug-likeness (QED) is 0.757. The highest BCUT2D eigenvalue weighted by Crippen LogP contribution is 2.31. The molecule has 3 aromatic rings. The molecule has 0 bridgehead atoms. The maximum absolute atomic E-state index is 12.4. The number of carbonyl (C=O) groups excluding carboxylic acids is 1. The number of carbonyl (C=O) groups is 1. The number of amides is 1. The van der Waals surface area contributed by atoms with Crippen molar-refractivity contribution in [3.05, 3.63) is 53.6 Å². The zero-order valence-electron chi connectivity index (χ0n) is 13.3. The molecule has 0 fully saturated rings. The molecule has 0 unspecified atom stereocenters. The van der Waals surface area contributed by atoms with Crippen LogP contribution in [0.2, 0.25) is 0 Å². The van der Waals surface area contributed by atoms with E-state index >= 15 is 0 Å². The smallest absolute Gasteiger partial charge is 0.257 e. The molecule has 0 atom stereocenters. The molecular weight excluding hydrogens is 308 g/mol. The standard InChI is InChI=1S/C18H18N2O2S/c1-11(2)14-8-5-9-15-16(14)19-18(23-15)20-17(21)12-6-4-7-13(10-12)22-3/h4-11H,1-3H3,(H,19,20,21). The summed E-state index contributed by atoms with van der Waals surface area (Å²) in [7, 11) is 1.58. The van der Waals surface area contributed by atoms with Gasteiger partial charge in [-0.1, -0.05) is 43.4 Å². The summed E-state index contributed by atoms with van der Waals surface area (Å²) in [5.41, 5.74) is 2.71. The average Bonchev–Trinajstić information content (AvgIpc) is 2.96. The van der Waals surface area contributed by atoms with E-state index in [2.05, 4.69) is 30.2 Å². The lowest BCUT2D eigenvalue weighted by molar-refractivity contribution is 0.102. The van der Waals surface area contributed by atoms with E-state index in [9.17, 15) is 4.79 Å². The average molecular weight is 326 g/mol. The van der Waals surface area contributed by atoms with E-state index in [-0.39, 0.29) is 5.91 Å². The highest BCUT2D eigenvalue weighted by Gasteiger charge is 2.13. The Morgan fingerprint density at radius 2 is 2.00 bits per heavy atom. The summed E-state index contributed by atoms with van der Waals surface area (Å²) in [4.78, 5) is 17.0. The third-order valence-electron chi connectivity index (χ3n) is 3.62. The van der Waals surface area contributed by atoms with Crippen molar-refractivity contribution in [1.29, 1.82) is 0 Å². The molecule has 0 aliphatic heterocycles. The number of benzene rings is 2. The van der Waals surface area contributed by atoms with Crippen LogP contribution in [0.3, 0.4) is 0 Å². The molecule has 0 saturated heterocycles. The molecule has 1 amide bonds. The van der Waals surface area contributed by atoms with Crippen molar-refractivity contribution in [3.63, 3.8) is 0 Å². The lowest BCUT2D eigenvalue weighted by Gasteiger charge is -2.05. The first-order valence-corrected chi connectivity index (χ1v) is 8.25. The van der Waals surface area contributed by atoms with Gasteiger partial charge in [0.05, 0.1) is 17.3 Å². The van der Waals surface area contributed by atoms with Crippen LogP contribution in [0.25, 0.3) is 10.2 Å². The van der Waals surface area contributed by atoms with Gasteiger partial charge in [-0.3, -0.25) is 10.1 Å². The van der Waals surface area contributed by atoms with Gasteiger partial charge in [-0.25, -0.2) is 4.98 Å². The predicted molar refractivity (Wildman–Crippen MR) is 94.7 cm³/mol. The third kappa shape index (κ3) is 3.19. The van der Waals surface area contributed by atoms with Gasteiger partial charge in [-0.05, 0) is 35.7 Å². The van der Waals surface area contributed by atoms with Crippen molar-refractivity contribution in [3.8, 4) is 5.75 Å². The number of hydrogen-bond donors (Lipinski definition) is 1. The summed E-state index contributed by atoms with van der Waals surface area (Å²) in [5.74, 6) is 0.862. The lowest BCUT2D eigenvalue weighted by Crippen LogP contribution is -2.11. The molecule has 2 aromatic carbocycles. The first-order valence-electron chi connectivity index (χ1n) is 7.43. The normalized spacial score (nSPS) is 11.0. The number of nitrogens with one attached hydrogen (secondary N) is 1. The van der Waals surface area contributed by atoms with Crippen LogP contribution in [0.4, 0.5) is 5.13 Å². The van der Waals surface area contributed by atoms with E-state index in [1.54, 1.807) is 25.3 Å². The van der Waals surface area contributed by atoms with Gasteiger partial charge < -0.3 is 4.74 Å². The van der Waals surface area contributed by atoms with E-state index in [1.807, 2.05) is 18.2 Å². The molecule has 23 heavy (non-hydrogen) atoms. The molecule has 0 saturated carbocycles. The highest BCUT2D eigenvalue weighted by atomic mass is 32.1. The number of nitrogens with zero attached hydrogens (tertiary/aromatic N) is 1. The number of ether oxygens (including phenoxy) is 1. The van der Waals surface area contributed by atoms with Gasteiger partial charge in [0.2, 0.25) is 0 Å². The largest absolute Gasteiger partial charge is 0.497 e. The van der Waals surface area contributed by atoms with Crippen molar-refractivity contribution >= 4 is 32.6 Å². The number of rotatable bonds is 4. The van der Waals surface area contributed by atoms with Crippen LogP contribution in [0.1, 0.15) is 35.7 Å². The third-order valence-corrected chi connectivity index (χ3v) is 4.56. The first kappa shape index (κ1) is 15.5. The van der Waals surface area contributed by atoms with Crippen molar-refractivity contribution in [2.75, 3.05) is 12.4 Å². The predicted octanol–water partition coefficient (Wildman–Crippen LogP) is 4.68. The Kier molecular flexibility index (Phi) is 4.30. The highest BCUT2D eigenvalue weighted by molar-refractivity contribution is 7.22. The van der Waals surface area contributed by atoms with Crippen LogP contribution in [-0.4, -0.2) is 18.0 Å². The van der Waals surface area contributed by atoms with E-state index in [0.29, 0.717) is 22.4 Å². The molecule has 5 heteroatoms. The van der Waals surface area contributed by atoms with Crippen molar-refractivity contribution in [2.45, 2.75) is 19.8 Å². The van der Waals surface area contributed by atoms with Crippen LogP contribution in [-0.2, 0) is 0 Å². The minimum atomic E-state index is -0.186. The SMILES string of the molecule is COc1cccc(C(=O)Nc2nc3c(C(C)C)cccc3s2)c1. The molecule has 3 rings (SSSR count). The van der Waals surface area contributed by atoms with Crippen LogP contribution in [0, 0.1) is 0 Å². The molecule has 118 valence electrons. The van der Waals surface area contributed by atoms with Crippen molar-refractivity contribution < 1.29 is 9.53 Å². The number of anilines is 1. The summed E-state index contributed by atoms with van der Waals surface area (Å²) in [5, 5.41) is 3.49. The molecule has 0 aliphatic rings. The van der Waals surface area contributed by atoms with Gasteiger partial charge in [0.25, 0.3) is 5.91 Å². The van der Waals surface area contributed by atoms with Crippen molar-refractivity contribution in [1.82, 2.24) is 4.98 Å². The molecular formula is C18H18N2O2S. The van der Waals surface area contributed by atoms with Gasteiger partial charge in [-0.15, -0.1) is 0 Å². The number of aromatic nitrogens is 1. The van der Waals surface area contributed by atoms with Crippen molar-refractivity contribution in [2.24, 2.45) is 0 Å². The Labute approximate surface area is 139 Å². The van der Waals surface area contributed by atoms with E-state index in [1.165, 1.54) is 16.9 Å². The Hall–Kier alpha value is -2.40. The van der Waals surface area contributed by atoms with Gasteiger partial charge in [-0.2, -0.15) is 0 Å². The second kappa shape index (κ2) is 6.38. The molecule has 4 nitrogen and oxygen atoms in total. The summed E-state index contributed by atoms with van der Waals surface area (Å²) in [6, 6.07) is 13.2. The lowest BCUT2D eigenvalue weighted by atomic mass is 10.0. The molecule has 1 heterocycles. The molecule has 1 N–H and O–H groups in total. The second-order valence-electron chi connectivity index (χ2n) is 5.55. The fourth-order valence-electron chi connectivity index (χ4n) is 2.42. The zero-order chi connectivity index (χ0) is 16.4. The summed E-state index contributed by atoms with van der Waals surface area (Å²) < 4.78 is 6.23. The van der Waals surface area contributed by atoms with E-state index < -0.39 is 0 Å². The van der Waals surface area contributed by atoms with Gasteiger partial charge in [0, 0.05) is 5.56 Å². The Bertz CT molecular complexity index is 855. The van der Waals surface area contributed by atoms with Crippen LogP contribution in [0.15, 0.2) is 42.5 Å². The van der Waals surface area contributed by atoms with Crippen LogP contribution >= 0.6 is 11.3 Å². The van der Waals surface area contributed by atoms with Gasteiger partial charge in [0.15, 0.2) is 5.13 Å². The first-order chi connectivity index (χ1) is 11.1. The second-order valence-corrected chi connectivity index (χ2v) is 6.58. The minimum absolute atomic E-state index is 0.186. The summed E-state index contributed by atoms with van der Waals surface area (Å²) in [6.07, 6.45) is 0. The van der Waals surface area contributed by atoms with E-state index in [0.717, 1.165) is 10.2 Å². The monoisotopic (exact) mass is 326 g/mol. The topological polar surface area (TPSA) is 51.2 Å². The maximum atomic E-state index is 12.4.